The van der Waals surface area contributed by atoms with E-state index in [0.717, 1.165) is 22.2 Å². The van der Waals surface area contributed by atoms with Crippen LogP contribution in [-0.4, -0.2) is 17.0 Å². The maximum atomic E-state index is 6.03. The molecule has 21 heavy (non-hydrogen) atoms. The molecule has 0 saturated heterocycles. The summed E-state index contributed by atoms with van der Waals surface area (Å²) < 4.78 is 6.03. The first-order valence-electron chi connectivity index (χ1n) is 6.87. The number of hydrogen-bond acceptors (Lipinski definition) is 4. The van der Waals surface area contributed by atoms with Gasteiger partial charge in [0.25, 0.3) is 0 Å². The highest BCUT2D eigenvalue weighted by atomic mass is 16.5. The predicted octanol–water partition coefficient (Wildman–Crippen LogP) is 4.08. The second kappa shape index (κ2) is 5.40. The highest BCUT2D eigenvalue weighted by molar-refractivity contribution is 5.84. The standard InChI is InChI=1S/C17H17N3O/c1-11-8-9-15(12(2)10-11)21-16-13-6-4-5-7-14(13)19-17(18-3)20-16/h4-10H,1-3H3,(H,18,19,20). The van der Waals surface area contributed by atoms with Crippen molar-refractivity contribution in [1.29, 1.82) is 0 Å². The fraction of sp³-hybridized carbons (Fsp3) is 0.176. The van der Waals surface area contributed by atoms with Crippen LogP contribution in [0.1, 0.15) is 11.1 Å². The van der Waals surface area contributed by atoms with Crippen LogP contribution in [0.15, 0.2) is 42.5 Å². The maximum absolute atomic E-state index is 6.03. The van der Waals surface area contributed by atoms with Crippen LogP contribution in [0.5, 0.6) is 11.6 Å². The van der Waals surface area contributed by atoms with Crippen LogP contribution in [0, 0.1) is 13.8 Å². The van der Waals surface area contributed by atoms with Crippen molar-refractivity contribution in [3.8, 4) is 11.6 Å². The molecular formula is C17H17N3O. The number of ether oxygens (including phenoxy) is 1. The molecule has 0 fully saturated rings. The van der Waals surface area contributed by atoms with Gasteiger partial charge in [0.2, 0.25) is 11.8 Å². The highest BCUT2D eigenvalue weighted by Gasteiger charge is 2.10. The van der Waals surface area contributed by atoms with E-state index in [-0.39, 0.29) is 0 Å². The average Bonchev–Trinajstić information content (AvgIpc) is 2.49. The van der Waals surface area contributed by atoms with Gasteiger partial charge in [-0.2, -0.15) is 4.98 Å². The topological polar surface area (TPSA) is 47.0 Å². The molecule has 0 aliphatic carbocycles. The number of aromatic nitrogens is 2. The molecular weight excluding hydrogens is 262 g/mol. The molecule has 4 nitrogen and oxygen atoms in total. The zero-order valence-electron chi connectivity index (χ0n) is 12.3. The Balaban J connectivity index is 2.10. The Hall–Kier alpha value is -2.62. The Bertz CT molecular complexity index is 799. The molecule has 0 saturated carbocycles. The quantitative estimate of drug-likeness (QED) is 0.784. The van der Waals surface area contributed by atoms with E-state index in [4.69, 9.17) is 4.74 Å². The number of hydrogen-bond donors (Lipinski definition) is 1. The Morgan fingerprint density at radius 1 is 1.00 bits per heavy atom. The van der Waals surface area contributed by atoms with E-state index < -0.39 is 0 Å². The van der Waals surface area contributed by atoms with E-state index in [1.807, 2.05) is 43.3 Å². The van der Waals surface area contributed by atoms with Crippen LogP contribution in [0.4, 0.5) is 5.95 Å². The van der Waals surface area contributed by atoms with Gasteiger partial charge in [-0.15, -0.1) is 0 Å². The van der Waals surface area contributed by atoms with Crippen LogP contribution in [0.2, 0.25) is 0 Å². The molecule has 0 aliphatic heterocycles. The third-order valence-electron chi connectivity index (χ3n) is 3.33. The van der Waals surface area contributed by atoms with E-state index in [1.54, 1.807) is 7.05 Å². The van der Waals surface area contributed by atoms with Gasteiger partial charge < -0.3 is 10.1 Å². The number of fused-ring (bicyclic) bond motifs is 1. The van der Waals surface area contributed by atoms with Crippen LogP contribution >= 0.6 is 0 Å². The van der Waals surface area contributed by atoms with E-state index in [9.17, 15) is 0 Å². The Morgan fingerprint density at radius 3 is 2.57 bits per heavy atom. The minimum Gasteiger partial charge on any atom is -0.438 e. The van der Waals surface area contributed by atoms with Crippen LogP contribution in [0.3, 0.4) is 0 Å². The van der Waals surface area contributed by atoms with Gasteiger partial charge in [-0.3, -0.25) is 0 Å². The lowest BCUT2D eigenvalue weighted by Crippen LogP contribution is -2.00. The number of anilines is 1. The SMILES string of the molecule is CNc1nc(Oc2ccc(C)cc2C)c2ccccc2n1. The lowest BCUT2D eigenvalue weighted by Gasteiger charge is -2.11. The van der Waals surface area contributed by atoms with Gasteiger partial charge in [-0.05, 0) is 37.6 Å². The molecule has 0 unspecified atom stereocenters. The fourth-order valence-electron chi connectivity index (χ4n) is 2.26. The zero-order chi connectivity index (χ0) is 14.8. The summed E-state index contributed by atoms with van der Waals surface area (Å²) in [6.45, 7) is 4.10. The molecule has 1 heterocycles. The van der Waals surface area contributed by atoms with Gasteiger partial charge in [0, 0.05) is 7.05 Å². The molecule has 0 atom stereocenters. The third-order valence-corrected chi connectivity index (χ3v) is 3.33. The highest BCUT2D eigenvalue weighted by Crippen LogP contribution is 2.30. The Labute approximate surface area is 123 Å². The van der Waals surface area contributed by atoms with Gasteiger partial charge in [0.05, 0.1) is 10.9 Å². The van der Waals surface area contributed by atoms with Gasteiger partial charge in [0.1, 0.15) is 5.75 Å². The second-order valence-electron chi connectivity index (χ2n) is 4.99. The second-order valence-corrected chi connectivity index (χ2v) is 4.99. The lowest BCUT2D eigenvalue weighted by atomic mass is 10.1. The van der Waals surface area contributed by atoms with Crippen molar-refractivity contribution in [2.24, 2.45) is 0 Å². The molecule has 0 spiro atoms. The molecule has 0 amide bonds. The van der Waals surface area contributed by atoms with Gasteiger partial charge >= 0.3 is 0 Å². The molecule has 3 rings (SSSR count). The first kappa shape index (κ1) is 13.4. The van der Waals surface area contributed by atoms with E-state index in [2.05, 4.69) is 28.3 Å². The van der Waals surface area contributed by atoms with E-state index in [1.165, 1.54) is 5.56 Å². The van der Waals surface area contributed by atoms with Crippen molar-refractivity contribution in [1.82, 2.24) is 9.97 Å². The Kier molecular flexibility index (Phi) is 3.44. The molecule has 2 aromatic carbocycles. The molecule has 3 aromatic rings. The number of nitrogens with zero attached hydrogens (tertiary/aromatic N) is 2. The van der Waals surface area contributed by atoms with Crippen LogP contribution in [-0.2, 0) is 0 Å². The summed E-state index contributed by atoms with van der Waals surface area (Å²) in [5.41, 5.74) is 3.16. The van der Waals surface area contributed by atoms with Gasteiger partial charge in [-0.1, -0.05) is 29.8 Å². The smallest absolute Gasteiger partial charge is 0.231 e. The summed E-state index contributed by atoms with van der Waals surface area (Å²) in [7, 11) is 1.80. The average molecular weight is 279 g/mol. The summed E-state index contributed by atoms with van der Waals surface area (Å²) >= 11 is 0. The monoisotopic (exact) mass is 279 g/mol. The first-order chi connectivity index (χ1) is 10.2. The third kappa shape index (κ3) is 2.65. The van der Waals surface area contributed by atoms with Crippen molar-refractivity contribution in [3.63, 3.8) is 0 Å². The molecule has 4 heteroatoms. The molecule has 106 valence electrons. The van der Waals surface area contributed by atoms with Crippen molar-refractivity contribution in [2.45, 2.75) is 13.8 Å². The summed E-state index contributed by atoms with van der Waals surface area (Å²) in [4.78, 5) is 8.86. The molecule has 1 N–H and O–H groups in total. The number of rotatable bonds is 3. The minimum absolute atomic E-state index is 0.550. The van der Waals surface area contributed by atoms with Crippen LogP contribution < -0.4 is 10.1 Å². The van der Waals surface area contributed by atoms with Crippen molar-refractivity contribution in [3.05, 3.63) is 53.6 Å². The maximum Gasteiger partial charge on any atom is 0.231 e. The summed E-state index contributed by atoms with van der Waals surface area (Å²) in [5, 5.41) is 3.87. The fourth-order valence-corrected chi connectivity index (χ4v) is 2.26. The number of benzene rings is 2. The van der Waals surface area contributed by atoms with Gasteiger partial charge in [0.15, 0.2) is 0 Å². The van der Waals surface area contributed by atoms with Crippen molar-refractivity contribution < 1.29 is 4.74 Å². The van der Waals surface area contributed by atoms with E-state index >= 15 is 0 Å². The summed E-state index contributed by atoms with van der Waals surface area (Å²) in [6.07, 6.45) is 0. The van der Waals surface area contributed by atoms with E-state index in [0.29, 0.717) is 11.8 Å². The number of para-hydroxylation sites is 1. The number of aryl methyl sites for hydroxylation is 2. The number of nitrogens with one attached hydrogen (secondary N) is 1. The Morgan fingerprint density at radius 2 is 1.81 bits per heavy atom. The lowest BCUT2D eigenvalue weighted by molar-refractivity contribution is 0.465. The molecule has 0 aliphatic rings. The normalized spacial score (nSPS) is 10.6. The largest absolute Gasteiger partial charge is 0.438 e. The molecule has 0 bridgehead atoms. The predicted molar refractivity (Wildman–Crippen MR) is 85.1 cm³/mol. The van der Waals surface area contributed by atoms with Crippen molar-refractivity contribution in [2.75, 3.05) is 12.4 Å². The summed E-state index contributed by atoms with van der Waals surface area (Å²) in [6, 6.07) is 13.9. The molecule has 0 radical (unpaired) electrons. The minimum atomic E-state index is 0.550. The van der Waals surface area contributed by atoms with Crippen LogP contribution in [0.25, 0.3) is 10.9 Å². The zero-order valence-corrected chi connectivity index (χ0v) is 12.3. The summed E-state index contributed by atoms with van der Waals surface area (Å²) in [5.74, 6) is 1.93. The van der Waals surface area contributed by atoms with Gasteiger partial charge in [-0.25, -0.2) is 4.98 Å². The molecule has 1 aromatic heterocycles. The first-order valence-corrected chi connectivity index (χ1v) is 6.87. The van der Waals surface area contributed by atoms with Crippen molar-refractivity contribution >= 4 is 16.9 Å².